The summed E-state index contributed by atoms with van der Waals surface area (Å²) in [6.45, 7) is 5.80. The summed E-state index contributed by atoms with van der Waals surface area (Å²) in [5.41, 5.74) is 1.87. The van der Waals surface area contributed by atoms with Gasteiger partial charge in [-0.05, 0) is 26.2 Å². The highest BCUT2D eigenvalue weighted by Crippen LogP contribution is 2.24. The second-order valence-electron chi connectivity index (χ2n) is 4.08. The van der Waals surface area contributed by atoms with Crippen molar-refractivity contribution in [2.75, 3.05) is 0 Å². The van der Waals surface area contributed by atoms with Crippen LogP contribution in [0.1, 0.15) is 31.7 Å². The van der Waals surface area contributed by atoms with E-state index in [1.165, 1.54) is 0 Å². The lowest BCUT2D eigenvalue weighted by Crippen LogP contribution is -2.19. The highest BCUT2D eigenvalue weighted by molar-refractivity contribution is 6.31. The molecular formula is C11H19ClN2O. The zero-order valence-electron chi connectivity index (χ0n) is 9.79. The van der Waals surface area contributed by atoms with E-state index in [1.54, 1.807) is 0 Å². The Labute approximate surface area is 96.1 Å². The van der Waals surface area contributed by atoms with Crippen LogP contribution < -0.4 is 0 Å². The average Bonchev–Trinajstić information content (AvgIpc) is 2.39. The van der Waals surface area contributed by atoms with E-state index in [0.717, 1.165) is 29.3 Å². The van der Waals surface area contributed by atoms with Gasteiger partial charge in [0.25, 0.3) is 0 Å². The molecule has 2 atom stereocenters. The van der Waals surface area contributed by atoms with E-state index < -0.39 is 0 Å². The number of aromatic nitrogens is 2. The third-order valence-electron chi connectivity index (χ3n) is 2.92. The summed E-state index contributed by atoms with van der Waals surface area (Å²) in [5.74, 6) is 0.247. The van der Waals surface area contributed by atoms with Gasteiger partial charge in [0.15, 0.2) is 0 Å². The maximum absolute atomic E-state index is 9.59. The number of aryl methyl sites for hydroxylation is 2. The molecule has 1 rings (SSSR count). The summed E-state index contributed by atoms with van der Waals surface area (Å²) >= 11 is 6.15. The summed E-state index contributed by atoms with van der Waals surface area (Å²) in [6.07, 6.45) is 1.42. The van der Waals surface area contributed by atoms with Gasteiger partial charge >= 0.3 is 0 Å². The molecule has 1 aromatic rings. The van der Waals surface area contributed by atoms with E-state index in [1.807, 2.05) is 25.6 Å². The van der Waals surface area contributed by atoms with Crippen LogP contribution in [0.15, 0.2) is 0 Å². The van der Waals surface area contributed by atoms with Crippen LogP contribution in [-0.4, -0.2) is 21.0 Å². The lowest BCUT2D eigenvalue weighted by Gasteiger charge is -2.18. The standard InChI is InChI=1S/C11H19ClN2O/c1-5-9(8(3)15)6-10-11(12)7(2)13-14(10)4/h8-9,15H,5-6H2,1-4H3. The molecule has 3 nitrogen and oxygen atoms in total. The molecular weight excluding hydrogens is 212 g/mol. The van der Waals surface area contributed by atoms with Crippen molar-refractivity contribution in [1.82, 2.24) is 9.78 Å². The topological polar surface area (TPSA) is 38.0 Å². The Kier molecular flexibility index (Phi) is 4.17. The molecule has 0 bridgehead atoms. The fourth-order valence-corrected chi connectivity index (χ4v) is 2.04. The summed E-state index contributed by atoms with van der Waals surface area (Å²) in [6, 6.07) is 0. The van der Waals surface area contributed by atoms with Gasteiger partial charge in [-0.25, -0.2) is 0 Å². The van der Waals surface area contributed by atoms with Crippen LogP contribution in [0.4, 0.5) is 0 Å². The van der Waals surface area contributed by atoms with Gasteiger partial charge in [-0.2, -0.15) is 5.10 Å². The monoisotopic (exact) mass is 230 g/mol. The number of hydrogen-bond acceptors (Lipinski definition) is 2. The van der Waals surface area contributed by atoms with Crippen LogP contribution in [0.3, 0.4) is 0 Å². The quantitative estimate of drug-likeness (QED) is 0.862. The number of nitrogens with zero attached hydrogens (tertiary/aromatic N) is 2. The summed E-state index contributed by atoms with van der Waals surface area (Å²) in [5, 5.41) is 14.6. The molecule has 0 aromatic carbocycles. The van der Waals surface area contributed by atoms with E-state index >= 15 is 0 Å². The first kappa shape index (κ1) is 12.5. The van der Waals surface area contributed by atoms with Crippen molar-refractivity contribution < 1.29 is 5.11 Å². The Balaban J connectivity index is 2.88. The van der Waals surface area contributed by atoms with E-state index in [-0.39, 0.29) is 12.0 Å². The fourth-order valence-electron chi connectivity index (χ4n) is 1.81. The second-order valence-corrected chi connectivity index (χ2v) is 4.46. The van der Waals surface area contributed by atoms with Gasteiger partial charge < -0.3 is 5.11 Å². The molecule has 1 N–H and O–H groups in total. The van der Waals surface area contributed by atoms with E-state index in [2.05, 4.69) is 12.0 Å². The smallest absolute Gasteiger partial charge is 0.0847 e. The molecule has 0 saturated heterocycles. The van der Waals surface area contributed by atoms with Crippen molar-refractivity contribution >= 4 is 11.6 Å². The van der Waals surface area contributed by atoms with Gasteiger partial charge in [-0.1, -0.05) is 24.9 Å². The van der Waals surface area contributed by atoms with Crippen LogP contribution in [0.5, 0.6) is 0 Å². The zero-order valence-corrected chi connectivity index (χ0v) is 10.5. The van der Waals surface area contributed by atoms with E-state index in [4.69, 9.17) is 11.6 Å². The molecule has 86 valence electrons. The number of aliphatic hydroxyl groups excluding tert-OH is 1. The number of aliphatic hydroxyl groups is 1. The largest absolute Gasteiger partial charge is 0.393 e. The predicted octanol–water partition coefficient (Wildman–Crippen LogP) is 2.33. The molecule has 4 heteroatoms. The van der Waals surface area contributed by atoms with Gasteiger partial charge in [-0.15, -0.1) is 0 Å². The summed E-state index contributed by atoms with van der Waals surface area (Å²) < 4.78 is 1.81. The normalized spacial score (nSPS) is 15.3. The maximum Gasteiger partial charge on any atom is 0.0847 e. The Hall–Kier alpha value is -0.540. The highest BCUT2D eigenvalue weighted by atomic mass is 35.5. The van der Waals surface area contributed by atoms with Crippen LogP contribution in [0.25, 0.3) is 0 Å². The molecule has 1 heterocycles. The lowest BCUT2D eigenvalue weighted by molar-refractivity contribution is 0.122. The minimum atomic E-state index is -0.304. The molecule has 0 aliphatic heterocycles. The average molecular weight is 231 g/mol. The third kappa shape index (κ3) is 2.73. The number of rotatable bonds is 4. The molecule has 1 aromatic heterocycles. The van der Waals surface area contributed by atoms with Crippen molar-refractivity contribution in [2.45, 2.75) is 39.7 Å². The third-order valence-corrected chi connectivity index (χ3v) is 3.42. The molecule has 0 aliphatic carbocycles. The minimum absolute atomic E-state index is 0.247. The minimum Gasteiger partial charge on any atom is -0.393 e. The molecule has 0 aliphatic rings. The van der Waals surface area contributed by atoms with Gasteiger partial charge in [0.1, 0.15) is 0 Å². The Bertz CT molecular complexity index is 334. The van der Waals surface area contributed by atoms with Crippen molar-refractivity contribution in [3.8, 4) is 0 Å². The Morgan fingerprint density at radius 1 is 1.53 bits per heavy atom. The molecule has 15 heavy (non-hydrogen) atoms. The molecule has 0 radical (unpaired) electrons. The van der Waals surface area contributed by atoms with Gasteiger partial charge in [0.05, 0.1) is 22.5 Å². The van der Waals surface area contributed by atoms with Gasteiger partial charge in [-0.3, -0.25) is 4.68 Å². The summed E-state index contributed by atoms with van der Waals surface area (Å²) in [7, 11) is 1.89. The second kappa shape index (κ2) is 4.99. The lowest BCUT2D eigenvalue weighted by atomic mass is 9.95. The number of hydrogen-bond donors (Lipinski definition) is 1. The predicted molar refractivity (Wildman–Crippen MR) is 62.1 cm³/mol. The SMILES string of the molecule is CCC(Cc1c(Cl)c(C)nn1C)C(C)O. The Morgan fingerprint density at radius 2 is 2.13 bits per heavy atom. The van der Waals surface area contributed by atoms with Crippen LogP contribution in [0, 0.1) is 12.8 Å². The van der Waals surface area contributed by atoms with Gasteiger partial charge in [0, 0.05) is 7.05 Å². The molecule has 2 unspecified atom stereocenters. The van der Waals surface area contributed by atoms with Crippen LogP contribution in [0.2, 0.25) is 5.02 Å². The molecule has 0 spiro atoms. The molecule has 0 fully saturated rings. The van der Waals surface area contributed by atoms with Gasteiger partial charge in [0.2, 0.25) is 0 Å². The van der Waals surface area contributed by atoms with E-state index in [0.29, 0.717) is 0 Å². The first-order chi connectivity index (χ1) is 6.97. The molecule has 0 saturated carbocycles. The first-order valence-corrected chi connectivity index (χ1v) is 5.71. The van der Waals surface area contributed by atoms with Crippen LogP contribution >= 0.6 is 11.6 Å². The highest BCUT2D eigenvalue weighted by Gasteiger charge is 2.19. The van der Waals surface area contributed by atoms with Crippen molar-refractivity contribution in [3.63, 3.8) is 0 Å². The summed E-state index contributed by atoms with van der Waals surface area (Å²) in [4.78, 5) is 0. The maximum atomic E-state index is 9.59. The first-order valence-electron chi connectivity index (χ1n) is 5.33. The fraction of sp³-hybridized carbons (Fsp3) is 0.727. The zero-order chi connectivity index (χ0) is 11.6. The Morgan fingerprint density at radius 3 is 2.47 bits per heavy atom. The van der Waals surface area contributed by atoms with E-state index in [9.17, 15) is 5.11 Å². The van der Waals surface area contributed by atoms with Crippen molar-refractivity contribution in [2.24, 2.45) is 13.0 Å². The van der Waals surface area contributed by atoms with Crippen molar-refractivity contribution in [1.29, 1.82) is 0 Å². The van der Waals surface area contributed by atoms with Crippen LogP contribution in [-0.2, 0) is 13.5 Å². The molecule has 0 amide bonds. The van der Waals surface area contributed by atoms with Crippen molar-refractivity contribution in [3.05, 3.63) is 16.4 Å². The number of halogens is 1.